The molecule has 4 heteroatoms. The first kappa shape index (κ1) is 14.2. The van der Waals surface area contributed by atoms with Gasteiger partial charge in [0.25, 0.3) is 0 Å². The average Bonchev–Trinajstić information content (AvgIpc) is 2.61. The van der Waals surface area contributed by atoms with Crippen LogP contribution in [0.15, 0.2) is 11.4 Å². The van der Waals surface area contributed by atoms with Crippen LogP contribution in [0, 0.1) is 12.3 Å². The Kier molecular flexibility index (Phi) is 4.71. The van der Waals surface area contributed by atoms with Gasteiger partial charge in [-0.25, -0.2) is 0 Å². The van der Waals surface area contributed by atoms with Crippen molar-refractivity contribution in [2.45, 2.75) is 33.7 Å². The van der Waals surface area contributed by atoms with E-state index in [0.717, 1.165) is 13.1 Å². The third-order valence-corrected chi connectivity index (χ3v) is 4.09. The molecule has 0 fully saturated rings. The highest BCUT2D eigenvalue weighted by molar-refractivity contribution is 7.10. The van der Waals surface area contributed by atoms with Gasteiger partial charge in [0.1, 0.15) is 0 Å². The molecule has 1 rings (SSSR count). The minimum atomic E-state index is -0.724. The zero-order chi connectivity index (χ0) is 13.1. The summed E-state index contributed by atoms with van der Waals surface area (Å²) in [6.07, 6.45) is 0.670. The van der Waals surface area contributed by atoms with Crippen LogP contribution in [-0.2, 0) is 11.3 Å². The van der Waals surface area contributed by atoms with E-state index in [-0.39, 0.29) is 0 Å². The molecule has 17 heavy (non-hydrogen) atoms. The van der Waals surface area contributed by atoms with Gasteiger partial charge in [0, 0.05) is 11.4 Å². The highest BCUT2D eigenvalue weighted by atomic mass is 32.1. The Morgan fingerprint density at radius 3 is 2.65 bits per heavy atom. The zero-order valence-electron chi connectivity index (χ0n) is 11.0. The molecule has 0 aliphatic carbocycles. The minimum Gasteiger partial charge on any atom is -0.481 e. The van der Waals surface area contributed by atoms with Crippen molar-refractivity contribution in [3.63, 3.8) is 0 Å². The maximum absolute atomic E-state index is 11.0. The fourth-order valence-corrected chi connectivity index (χ4v) is 2.45. The molecular formula is C13H21NO2S. The Hall–Kier alpha value is -0.870. The number of nitrogens with zero attached hydrogens (tertiary/aromatic N) is 1. The fourth-order valence-electron chi connectivity index (χ4n) is 1.47. The zero-order valence-corrected chi connectivity index (χ0v) is 11.8. The summed E-state index contributed by atoms with van der Waals surface area (Å²) < 4.78 is 0. The number of hydrogen-bond acceptors (Lipinski definition) is 3. The summed E-state index contributed by atoms with van der Waals surface area (Å²) in [4.78, 5) is 14.5. The first-order valence-corrected chi connectivity index (χ1v) is 6.66. The molecule has 0 bridgehead atoms. The van der Waals surface area contributed by atoms with Crippen molar-refractivity contribution < 1.29 is 9.90 Å². The molecule has 3 nitrogen and oxygen atoms in total. The molecule has 0 aromatic carbocycles. The first-order valence-electron chi connectivity index (χ1n) is 5.78. The lowest BCUT2D eigenvalue weighted by Gasteiger charge is -2.23. The lowest BCUT2D eigenvalue weighted by atomic mass is 9.89. The van der Waals surface area contributed by atoms with E-state index in [0.29, 0.717) is 6.42 Å². The Morgan fingerprint density at radius 1 is 1.53 bits per heavy atom. The monoisotopic (exact) mass is 255 g/mol. The van der Waals surface area contributed by atoms with E-state index in [4.69, 9.17) is 5.11 Å². The second-order valence-corrected chi connectivity index (χ2v) is 6.20. The summed E-state index contributed by atoms with van der Waals surface area (Å²) in [7, 11) is 2.04. The molecular weight excluding hydrogens is 234 g/mol. The molecule has 0 unspecified atom stereocenters. The van der Waals surface area contributed by atoms with E-state index < -0.39 is 11.4 Å². The second-order valence-electron chi connectivity index (χ2n) is 5.20. The highest BCUT2D eigenvalue weighted by Gasteiger charge is 2.26. The number of aryl methyl sites for hydroxylation is 1. The first-order chi connectivity index (χ1) is 7.83. The maximum Gasteiger partial charge on any atom is 0.309 e. The van der Waals surface area contributed by atoms with Gasteiger partial charge in [-0.3, -0.25) is 4.79 Å². The number of carbonyl (C=O) groups is 1. The van der Waals surface area contributed by atoms with Crippen LogP contribution < -0.4 is 0 Å². The van der Waals surface area contributed by atoms with Gasteiger partial charge in [-0.05, 0) is 57.8 Å². The standard InChI is InChI=1S/C13H21NO2S/c1-10-5-8-17-11(10)9-14(4)7-6-13(2,3)12(15)16/h5,8H,6-7,9H2,1-4H3,(H,15,16). The molecule has 1 aromatic heterocycles. The van der Waals surface area contributed by atoms with Crippen molar-refractivity contribution >= 4 is 17.3 Å². The van der Waals surface area contributed by atoms with Gasteiger partial charge in [0.2, 0.25) is 0 Å². The van der Waals surface area contributed by atoms with Crippen molar-refractivity contribution in [2.24, 2.45) is 5.41 Å². The number of thiophene rings is 1. The van der Waals surface area contributed by atoms with E-state index in [2.05, 4.69) is 23.3 Å². The molecule has 0 saturated heterocycles. The fraction of sp³-hybridized carbons (Fsp3) is 0.615. The number of carboxylic acid groups (broad SMARTS) is 1. The molecule has 0 aliphatic heterocycles. The normalized spacial score (nSPS) is 12.1. The summed E-state index contributed by atoms with van der Waals surface area (Å²) in [6, 6.07) is 2.12. The van der Waals surface area contributed by atoms with E-state index in [1.807, 2.05) is 7.05 Å². The topological polar surface area (TPSA) is 40.5 Å². The Morgan fingerprint density at radius 2 is 2.18 bits per heavy atom. The molecule has 0 saturated carbocycles. The molecule has 0 spiro atoms. The van der Waals surface area contributed by atoms with Crippen molar-refractivity contribution in [2.75, 3.05) is 13.6 Å². The van der Waals surface area contributed by atoms with Crippen molar-refractivity contribution in [1.29, 1.82) is 0 Å². The predicted octanol–water partition coefficient (Wildman–Crippen LogP) is 2.99. The number of rotatable bonds is 6. The van der Waals surface area contributed by atoms with E-state index >= 15 is 0 Å². The highest BCUT2D eigenvalue weighted by Crippen LogP contribution is 2.22. The summed E-state index contributed by atoms with van der Waals surface area (Å²) in [5.41, 5.74) is 0.679. The van der Waals surface area contributed by atoms with E-state index in [1.165, 1.54) is 10.4 Å². The van der Waals surface area contributed by atoms with Gasteiger partial charge in [-0.15, -0.1) is 11.3 Å². The third kappa shape index (κ3) is 4.13. The predicted molar refractivity (Wildman–Crippen MR) is 71.4 cm³/mol. The molecule has 1 heterocycles. The average molecular weight is 255 g/mol. The quantitative estimate of drug-likeness (QED) is 0.849. The molecule has 0 amide bonds. The van der Waals surface area contributed by atoms with Gasteiger partial charge >= 0.3 is 5.97 Å². The number of aliphatic carboxylic acids is 1. The molecule has 96 valence electrons. The van der Waals surface area contributed by atoms with Crippen molar-refractivity contribution in [3.05, 3.63) is 21.9 Å². The largest absolute Gasteiger partial charge is 0.481 e. The van der Waals surface area contributed by atoms with Crippen LogP contribution in [0.2, 0.25) is 0 Å². The lowest BCUT2D eigenvalue weighted by Crippen LogP contribution is -2.29. The Bertz CT molecular complexity index is 385. The van der Waals surface area contributed by atoms with Crippen molar-refractivity contribution in [1.82, 2.24) is 4.90 Å². The van der Waals surface area contributed by atoms with Gasteiger partial charge in [-0.1, -0.05) is 0 Å². The lowest BCUT2D eigenvalue weighted by molar-refractivity contribution is -0.147. The SMILES string of the molecule is Cc1ccsc1CN(C)CCC(C)(C)C(=O)O. The van der Waals surface area contributed by atoms with Crippen LogP contribution in [0.1, 0.15) is 30.7 Å². The Labute approximate surface area is 107 Å². The van der Waals surface area contributed by atoms with Gasteiger partial charge < -0.3 is 10.0 Å². The van der Waals surface area contributed by atoms with Crippen LogP contribution in [0.5, 0.6) is 0 Å². The van der Waals surface area contributed by atoms with Crippen LogP contribution in [-0.4, -0.2) is 29.6 Å². The van der Waals surface area contributed by atoms with E-state index in [1.54, 1.807) is 25.2 Å². The maximum atomic E-state index is 11.0. The summed E-state index contributed by atoms with van der Waals surface area (Å²) >= 11 is 1.76. The molecule has 0 aliphatic rings. The smallest absolute Gasteiger partial charge is 0.309 e. The minimum absolute atomic E-state index is 0.640. The summed E-state index contributed by atoms with van der Waals surface area (Å²) in [6.45, 7) is 7.37. The van der Waals surface area contributed by atoms with Crippen LogP contribution in [0.4, 0.5) is 0 Å². The van der Waals surface area contributed by atoms with Crippen LogP contribution in [0.25, 0.3) is 0 Å². The van der Waals surface area contributed by atoms with E-state index in [9.17, 15) is 4.79 Å². The third-order valence-electron chi connectivity index (χ3n) is 3.08. The molecule has 0 atom stereocenters. The van der Waals surface area contributed by atoms with Gasteiger partial charge in [0.05, 0.1) is 5.41 Å². The number of hydrogen-bond donors (Lipinski definition) is 1. The second kappa shape index (κ2) is 5.65. The summed E-state index contributed by atoms with van der Waals surface area (Å²) in [5, 5.41) is 11.1. The van der Waals surface area contributed by atoms with Gasteiger partial charge in [0.15, 0.2) is 0 Å². The van der Waals surface area contributed by atoms with Crippen molar-refractivity contribution in [3.8, 4) is 0 Å². The van der Waals surface area contributed by atoms with Crippen LogP contribution in [0.3, 0.4) is 0 Å². The molecule has 0 radical (unpaired) electrons. The Balaban J connectivity index is 2.43. The summed E-state index contributed by atoms with van der Waals surface area (Å²) in [5.74, 6) is -0.724. The van der Waals surface area contributed by atoms with Crippen LogP contribution >= 0.6 is 11.3 Å². The number of carboxylic acids is 1. The molecule has 1 N–H and O–H groups in total. The van der Waals surface area contributed by atoms with Gasteiger partial charge in [-0.2, -0.15) is 0 Å². The molecule has 1 aromatic rings.